The van der Waals surface area contributed by atoms with Crippen molar-refractivity contribution in [1.82, 2.24) is 0 Å². The van der Waals surface area contributed by atoms with E-state index in [1.54, 1.807) is 0 Å². The minimum atomic E-state index is 1.11. The molecule has 12 aromatic rings. The Balaban J connectivity index is 0.866. The van der Waals surface area contributed by atoms with Gasteiger partial charge in [-0.25, -0.2) is 0 Å². The molecule has 0 aliphatic heterocycles. The number of fused-ring (bicyclic) bond motifs is 3. The van der Waals surface area contributed by atoms with Crippen LogP contribution in [-0.2, 0) is 0 Å². The first-order valence-electron chi connectivity index (χ1n) is 23.3. The molecule has 320 valence electrons. The van der Waals surface area contributed by atoms with Gasteiger partial charge in [-0.15, -0.1) is 0 Å². The molecule has 12 rings (SSSR count). The van der Waals surface area contributed by atoms with Crippen molar-refractivity contribution < 1.29 is 0 Å². The molecule has 0 bridgehead atoms. The molecular weight excluding hydrogens is 821 g/mol. The molecule has 0 aliphatic rings. The number of benzene rings is 12. The number of anilines is 6. The lowest BCUT2D eigenvalue weighted by atomic mass is 9.90. The van der Waals surface area contributed by atoms with Crippen LogP contribution >= 0.6 is 0 Å². The van der Waals surface area contributed by atoms with Crippen molar-refractivity contribution in [2.24, 2.45) is 0 Å². The van der Waals surface area contributed by atoms with Crippen molar-refractivity contribution in [3.8, 4) is 44.5 Å². The van der Waals surface area contributed by atoms with Gasteiger partial charge in [0.2, 0.25) is 0 Å². The zero-order valence-corrected chi connectivity index (χ0v) is 37.5. The fourth-order valence-electron chi connectivity index (χ4n) is 9.97. The molecule has 12 aromatic carbocycles. The average Bonchev–Trinajstić information content (AvgIpc) is 3.42. The Hall–Kier alpha value is -8.98. The summed E-state index contributed by atoms with van der Waals surface area (Å²) in [6, 6.07) is 101. The summed E-state index contributed by atoms with van der Waals surface area (Å²) in [5.74, 6) is 0. The Kier molecular flexibility index (Phi) is 10.6. The van der Waals surface area contributed by atoms with Crippen molar-refractivity contribution in [3.63, 3.8) is 0 Å². The minimum absolute atomic E-state index is 1.11. The van der Waals surface area contributed by atoms with Crippen LogP contribution < -0.4 is 9.80 Å². The molecule has 0 fully saturated rings. The summed E-state index contributed by atoms with van der Waals surface area (Å²) in [5, 5.41) is 7.34. The number of nitrogens with zero attached hydrogens (tertiary/aromatic N) is 2. The fourth-order valence-corrected chi connectivity index (χ4v) is 9.97. The Morgan fingerprint density at radius 2 is 0.544 bits per heavy atom. The van der Waals surface area contributed by atoms with Crippen LogP contribution in [0.15, 0.2) is 279 Å². The Morgan fingerprint density at radius 1 is 0.206 bits per heavy atom. The van der Waals surface area contributed by atoms with Crippen molar-refractivity contribution in [1.29, 1.82) is 0 Å². The lowest BCUT2D eigenvalue weighted by Crippen LogP contribution is -2.10. The Bertz CT molecular complexity index is 3470. The van der Waals surface area contributed by atoms with Crippen LogP contribution in [0.1, 0.15) is 0 Å². The standard InChI is InChI=1S/C66H46N2/c1-3-25-56(26-4-1)67(64-35-15-19-49-17-7-9-31-60(49)64)58-29-11-23-54(45-58)47-37-41-51(42-38-47)62-33-13-21-53-22-14-34-63(66(53)62)52-43-39-48(40-44-52)55-24-12-30-59(46-55)68(57-27-5-2-6-28-57)65-36-16-20-50-18-8-10-32-61(50)65/h1-46H. The first-order chi connectivity index (χ1) is 33.7. The molecule has 0 N–H and O–H groups in total. The lowest BCUT2D eigenvalue weighted by molar-refractivity contribution is 1.30. The summed E-state index contributed by atoms with van der Waals surface area (Å²) in [5.41, 5.74) is 16.3. The molecule has 0 radical (unpaired) electrons. The van der Waals surface area contributed by atoms with Crippen LogP contribution in [0.2, 0.25) is 0 Å². The largest absolute Gasteiger partial charge is 0.310 e. The van der Waals surface area contributed by atoms with Crippen molar-refractivity contribution >= 4 is 66.4 Å². The Morgan fingerprint density at radius 3 is 1.00 bits per heavy atom. The molecule has 0 aliphatic carbocycles. The van der Waals surface area contributed by atoms with E-state index in [-0.39, 0.29) is 0 Å². The molecule has 0 spiro atoms. The smallest absolute Gasteiger partial charge is 0.0540 e. The predicted octanol–water partition coefficient (Wildman–Crippen LogP) is 18.8. The van der Waals surface area contributed by atoms with Gasteiger partial charge in [0.1, 0.15) is 0 Å². The van der Waals surface area contributed by atoms with Gasteiger partial charge in [-0.2, -0.15) is 0 Å². The van der Waals surface area contributed by atoms with Gasteiger partial charge in [0.05, 0.1) is 11.4 Å². The third kappa shape index (κ3) is 7.64. The molecule has 0 amide bonds. The van der Waals surface area contributed by atoms with Gasteiger partial charge in [0, 0.05) is 33.5 Å². The summed E-state index contributed by atoms with van der Waals surface area (Å²) < 4.78 is 0. The van der Waals surface area contributed by atoms with Gasteiger partial charge in [-0.05, 0) is 127 Å². The van der Waals surface area contributed by atoms with Crippen LogP contribution in [0.5, 0.6) is 0 Å². The minimum Gasteiger partial charge on any atom is -0.310 e. The average molecular weight is 867 g/mol. The van der Waals surface area contributed by atoms with E-state index in [4.69, 9.17) is 0 Å². The maximum atomic E-state index is 2.37. The van der Waals surface area contributed by atoms with E-state index < -0.39 is 0 Å². The predicted molar refractivity (Wildman–Crippen MR) is 290 cm³/mol. The fraction of sp³-hybridized carbons (Fsp3) is 0. The monoisotopic (exact) mass is 866 g/mol. The molecule has 68 heavy (non-hydrogen) atoms. The van der Waals surface area contributed by atoms with Crippen LogP contribution in [-0.4, -0.2) is 0 Å². The second-order valence-electron chi connectivity index (χ2n) is 17.3. The molecule has 0 unspecified atom stereocenters. The maximum absolute atomic E-state index is 2.37. The third-order valence-corrected chi connectivity index (χ3v) is 13.2. The van der Waals surface area contributed by atoms with Gasteiger partial charge in [-0.1, -0.05) is 218 Å². The van der Waals surface area contributed by atoms with E-state index in [1.807, 2.05) is 0 Å². The van der Waals surface area contributed by atoms with Crippen LogP contribution in [0, 0.1) is 0 Å². The molecule has 0 saturated carbocycles. The van der Waals surface area contributed by atoms with E-state index >= 15 is 0 Å². The Labute approximate surface area is 397 Å². The molecule has 2 nitrogen and oxygen atoms in total. The number of hydrogen-bond acceptors (Lipinski definition) is 2. The summed E-state index contributed by atoms with van der Waals surface area (Å²) >= 11 is 0. The van der Waals surface area contributed by atoms with Crippen molar-refractivity contribution in [2.75, 3.05) is 9.80 Å². The highest BCUT2D eigenvalue weighted by Crippen LogP contribution is 2.43. The van der Waals surface area contributed by atoms with Gasteiger partial charge in [-0.3, -0.25) is 0 Å². The third-order valence-electron chi connectivity index (χ3n) is 13.2. The topological polar surface area (TPSA) is 6.48 Å². The van der Waals surface area contributed by atoms with Crippen LogP contribution in [0.25, 0.3) is 76.8 Å². The maximum Gasteiger partial charge on any atom is 0.0540 e. The van der Waals surface area contributed by atoms with E-state index in [2.05, 4.69) is 289 Å². The lowest BCUT2D eigenvalue weighted by Gasteiger charge is -2.27. The van der Waals surface area contributed by atoms with E-state index in [9.17, 15) is 0 Å². The molecular formula is C66H46N2. The van der Waals surface area contributed by atoms with Crippen LogP contribution in [0.3, 0.4) is 0 Å². The first kappa shape index (κ1) is 40.5. The number of para-hydroxylation sites is 2. The van der Waals surface area contributed by atoms with Gasteiger partial charge in [0.25, 0.3) is 0 Å². The number of rotatable bonds is 10. The summed E-state index contributed by atoms with van der Waals surface area (Å²) in [7, 11) is 0. The van der Waals surface area contributed by atoms with Crippen LogP contribution in [0.4, 0.5) is 34.1 Å². The quantitative estimate of drug-likeness (QED) is 0.135. The second kappa shape index (κ2) is 17.8. The SMILES string of the molecule is c1ccc(N(c2cccc(-c3ccc(-c4cccc5cccc(-c6ccc(-c7cccc(N(c8ccccc8)c8cccc9ccccc89)c7)cc6)c45)cc3)c2)c2cccc3ccccc23)cc1. The highest BCUT2D eigenvalue weighted by Gasteiger charge is 2.18. The highest BCUT2D eigenvalue weighted by atomic mass is 15.1. The number of hydrogen-bond donors (Lipinski definition) is 0. The molecule has 0 heterocycles. The van der Waals surface area contributed by atoms with Gasteiger partial charge < -0.3 is 9.80 Å². The zero-order chi connectivity index (χ0) is 45.2. The normalized spacial score (nSPS) is 11.2. The molecule has 2 heteroatoms. The first-order valence-corrected chi connectivity index (χ1v) is 23.3. The van der Waals surface area contributed by atoms with Crippen molar-refractivity contribution in [2.45, 2.75) is 0 Å². The molecule has 0 saturated heterocycles. The summed E-state index contributed by atoms with van der Waals surface area (Å²) in [6.07, 6.45) is 0. The van der Waals surface area contributed by atoms with Gasteiger partial charge >= 0.3 is 0 Å². The molecule has 0 aromatic heterocycles. The summed E-state index contributed by atoms with van der Waals surface area (Å²) in [4.78, 5) is 4.74. The highest BCUT2D eigenvalue weighted by molar-refractivity contribution is 6.07. The molecule has 0 atom stereocenters. The van der Waals surface area contributed by atoms with Crippen molar-refractivity contribution in [3.05, 3.63) is 279 Å². The van der Waals surface area contributed by atoms with E-state index in [0.29, 0.717) is 0 Å². The second-order valence-corrected chi connectivity index (χ2v) is 17.3. The van der Waals surface area contributed by atoms with E-state index in [1.165, 1.54) is 76.8 Å². The van der Waals surface area contributed by atoms with E-state index in [0.717, 1.165) is 34.1 Å². The van der Waals surface area contributed by atoms with Gasteiger partial charge in [0.15, 0.2) is 0 Å². The zero-order valence-electron chi connectivity index (χ0n) is 37.5. The summed E-state index contributed by atoms with van der Waals surface area (Å²) in [6.45, 7) is 0.